The number of aromatic nitrogens is 3. The topological polar surface area (TPSA) is 110 Å². The van der Waals surface area contributed by atoms with E-state index in [1.807, 2.05) is 10.6 Å². The maximum absolute atomic E-state index is 12.9. The van der Waals surface area contributed by atoms with Crippen LogP contribution in [0.25, 0.3) is 15.7 Å². The van der Waals surface area contributed by atoms with Crippen LogP contribution in [0.1, 0.15) is 34.4 Å². The first-order chi connectivity index (χ1) is 21.4. The van der Waals surface area contributed by atoms with Crippen LogP contribution in [0.3, 0.4) is 0 Å². The van der Waals surface area contributed by atoms with Crippen LogP contribution < -0.4 is 5.32 Å². The third-order valence-corrected chi connectivity index (χ3v) is 11.0. The number of thiophene rings is 1. The zero-order valence-electron chi connectivity index (χ0n) is 24.9. The van der Waals surface area contributed by atoms with Crippen molar-refractivity contribution < 1.29 is 21.6 Å². The summed E-state index contributed by atoms with van der Waals surface area (Å²) in [5.41, 5.74) is 3.82. The van der Waals surface area contributed by atoms with Crippen LogP contribution in [-0.2, 0) is 29.4 Å². The molecule has 2 fully saturated rings. The lowest BCUT2D eigenvalue weighted by molar-refractivity contribution is -0.126. The highest BCUT2D eigenvalue weighted by Gasteiger charge is 2.29. The number of pyridine rings is 1. The van der Waals surface area contributed by atoms with Gasteiger partial charge in [0.2, 0.25) is 10.0 Å². The van der Waals surface area contributed by atoms with Gasteiger partial charge >= 0.3 is 6.18 Å². The lowest BCUT2D eigenvalue weighted by Gasteiger charge is -2.33. The van der Waals surface area contributed by atoms with E-state index in [-0.39, 0.29) is 10.9 Å². The second kappa shape index (κ2) is 12.8. The van der Waals surface area contributed by atoms with E-state index >= 15 is 0 Å². The third kappa shape index (κ3) is 7.58. The number of nitriles is 1. The van der Waals surface area contributed by atoms with E-state index in [0.29, 0.717) is 54.2 Å². The van der Waals surface area contributed by atoms with Gasteiger partial charge in [0, 0.05) is 81.2 Å². The van der Waals surface area contributed by atoms with Gasteiger partial charge in [-0.2, -0.15) is 22.7 Å². The second-order valence-corrected chi connectivity index (χ2v) is 15.0. The van der Waals surface area contributed by atoms with Gasteiger partial charge < -0.3 is 14.6 Å². The van der Waals surface area contributed by atoms with Crippen LogP contribution in [0.4, 0.5) is 19.0 Å². The Hall–Kier alpha value is -3.29. The largest absolute Gasteiger partial charge is 0.393 e. The zero-order chi connectivity index (χ0) is 31.8. The van der Waals surface area contributed by atoms with Crippen LogP contribution in [0.15, 0.2) is 36.9 Å². The van der Waals surface area contributed by atoms with Gasteiger partial charge in [0.25, 0.3) is 0 Å². The molecule has 15 heteroatoms. The number of rotatable bonds is 9. The SMILES string of the molecule is CS(=O)(=O)N1CCN(CCc2c(C#N)cn3cc(CN4CCC(Nc5ncnc6sc(CC(F)(F)F)cc56)CC4)ccc23)CC1. The summed E-state index contributed by atoms with van der Waals surface area (Å²) in [6.45, 7) is 5.59. The fourth-order valence-corrected chi connectivity index (χ4v) is 8.13. The molecule has 0 saturated carbocycles. The Balaban J connectivity index is 1.04. The molecule has 2 aliphatic rings. The Morgan fingerprint density at radius 2 is 1.82 bits per heavy atom. The second-order valence-electron chi connectivity index (χ2n) is 11.9. The van der Waals surface area contributed by atoms with Crippen LogP contribution >= 0.6 is 11.3 Å². The predicted octanol–water partition coefficient (Wildman–Crippen LogP) is 4.12. The van der Waals surface area contributed by atoms with Gasteiger partial charge in [-0.3, -0.25) is 4.90 Å². The molecule has 10 nitrogen and oxygen atoms in total. The normalized spacial score (nSPS) is 18.1. The molecular formula is C30H35F3N8O2S2. The summed E-state index contributed by atoms with van der Waals surface area (Å²) in [5, 5.41) is 13.9. The van der Waals surface area contributed by atoms with E-state index in [4.69, 9.17) is 0 Å². The molecule has 240 valence electrons. The Labute approximate surface area is 264 Å². The summed E-state index contributed by atoms with van der Waals surface area (Å²) in [7, 11) is -3.17. The summed E-state index contributed by atoms with van der Waals surface area (Å²) in [5.74, 6) is 0.585. The molecule has 2 saturated heterocycles. The van der Waals surface area contributed by atoms with Crippen LogP contribution in [-0.4, -0.2) is 101 Å². The van der Waals surface area contributed by atoms with Crippen molar-refractivity contribution in [1.29, 1.82) is 5.26 Å². The van der Waals surface area contributed by atoms with Crippen LogP contribution in [0, 0.1) is 11.3 Å². The number of halogens is 3. The number of sulfonamides is 1. The smallest absolute Gasteiger partial charge is 0.367 e. The van der Waals surface area contributed by atoms with Crippen molar-refractivity contribution in [1.82, 2.24) is 28.5 Å². The zero-order valence-corrected chi connectivity index (χ0v) is 26.6. The molecule has 0 unspecified atom stereocenters. The van der Waals surface area contributed by atoms with Gasteiger partial charge in [0.15, 0.2) is 0 Å². The number of hydrogen-bond donors (Lipinski definition) is 1. The number of nitrogens with one attached hydrogen (secondary N) is 1. The minimum atomic E-state index is -4.26. The number of fused-ring (bicyclic) bond motifs is 2. The van der Waals surface area contributed by atoms with E-state index in [0.717, 1.165) is 67.0 Å². The highest BCUT2D eigenvalue weighted by atomic mass is 32.2. The van der Waals surface area contributed by atoms with Gasteiger partial charge in [0.1, 0.15) is 23.0 Å². The van der Waals surface area contributed by atoms with Gasteiger partial charge in [0.05, 0.1) is 23.6 Å². The Kier molecular flexibility index (Phi) is 9.04. The summed E-state index contributed by atoms with van der Waals surface area (Å²) in [6.07, 6.45) is 3.85. The highest BCUT2D eigenvalue weighted by Crippen LogP contribution is 2.33. The summed E-state index contributed by atoms with van der Waals surface area (Å²) >= 11 is 1.06. The molecule has 6 heterocycles. The molecule has 0 amide bonds. The molecule has 2 aliphatic heterocycles. The standard InChI is InChI=1S/C30H35F3N8O2S2/c1-45(42,43)41-12-10-38(11-13-41)9-6-25-22(16-34)19-40-18-21(2-3-27(25)40)17-39-7-4-23(5-8-39)37-28-26-14-24(15-30(31,32)33)44-29(26)36-20-35-28/h2-3,14,18-20,23H,4-13,15,17H2,1H3,(H,35,36,37). The van der Waals surface area contributed by atoms with Crippen LogP contribution in [0.2, 0.25) is 0 Å². The highest BCUT2D eigenvalue weighted by molar-refractivity contribution is 7.88. The average molecular weight is 661 g/mol. The van der Waals surface area contributed by atoms with E-state index in [1.54, 1.807) is 6.07 Å². The molecule has 4 aromatic rings. The summed E-state index contributed by atoms with van der Waals surface area (Å²) < 4.78 is 65.9. The maximum atomic E-state index is 12.9. The number of nitrogens with zero attached hydrogens (tertiary/aromatic N) is 7. The van der Waals surface area contributed by atoms with Crippen molar-refractivity contribution in [2.75, 3.05) is 57.4 Å². The fourth-order valence-electron chi connectivity index (χ4n) is 6.28. The van der Waals surface area contributed by atoms with E-state index < -0.39 is 22.6 Å². The lowest BCUT2D eigenvalue weighted by atomic mass is 10.0. The number of piperazine rings is 1. The first kappa shape index (κ1) is 31.7. The van der Waals surface area contributed by atoms with E-state index in [1.165, 1.54) is 16.9 Å². The van der Waals surface area contributed by atoms with Crippen molar-refractivity contribution in [3.8, 4) is 6.07 Å². The predicted molar refractivity (Wildman–Crippen MR) is 168 cm³/mol. The third-order valence-electron chi connectivity index (χ3n) is 8.63. The Bertz CT molecular complexity index is 1820. The van der Waals surface area contributed by atoms with Crippen molar-refractivity contribution >= 4 is 42.9 Å². The van der Waals surface area contributed by atoms with Gasteiger partial charge in [-0.25, -0.2) is 18.4 Å². The number of hydrogen-bond acceptors (Lipinski definition) is 9. The van der Waals surface area contributed by atoms with Crippen molar-refractivity contribution in [3.05, 3.63) is 58.5 Å². The molecular weight excluding hydrogens is 626 g/mol. The number of likely N-dealkylation sites (tertiary alicyclic amines) is 1. The van der Waals surface area contributed by atoms with Crippen molar-refractivity contribution in [2.45, 2.75) is 44.4 Å². The molecule has 0 bridgehead atoms. The van der Waals surface area contributed by atoms with E-state index in [2.05, 4.69) is 49.5 Å². The number of anilines is 1. The lowest BCUT2D eigenvalue weighted by Crippen LogP contribution is -2.48. The molecule has 6 rings (SSSR count). The average Bonchev–Trinajstić information content (AvgIpc) is 3.56. The molecule has 0 spiro atoms. The minimum absolute atomic E-state index is 0.160. The molecule has 45 heavy (non-hydrogen) atoms. The Morgan fingerprint density at radius 1 is 1.07 bits per heavy atom. The minimum Gasteiger partial charge on any atom is -0.367 e. The number of alkyl halides is 3. The van der Waals surface area contributed by atoms with Crippen molar-refractivity contribution in [2.24, 2.45) is 0 Å². The maximum Gasteiger partial charge on any atom is 0.393 e. The molecule has 0 radical (unpaired) electrons. The number of piperidine rings is 1. The van der Waals surface area contributed by atoms with Gasteiger partial charge in [-0.1, -0.05) is 6.07 Å². The van der Waals surface area contributed by atoms with Crippen LogP contribution in [0.5, 0.6) is 0 Å². The van der Waals surface area contributed by atoms with Crippen molar-refractivity contribution in [3.63, 3.8) is 0 Å². The first-order valence-electron chi connectivity index (χ1n) is 14.9. The van der Waals surface area contributed by atoms with Gasteiger partial charge in [-0.05, 0) is 42.5 Å². The Morgan fingerprint density at radius 3 is 2.51 bits per heavy atom. The first-order valence-corrected chi connectivity index (χ1v) is 17.6. The van der Waals surface area contributed by atoms with Gasteiger partial charge in [-0.15, -0.1) is 11.3 Å². The molecule has 4 aromatic heterocycles. The molecule has 0 atom stereocenters. The molecule has 1 N–H and O–H groups in total. The molecule has 0 aliphatic carbocycles. The fraction of sp³-hybridized carbons (Fsp3) is 0.500. The van der Waals surface area contributed by atoms with E-state index in [9.17, 15) is 26.9 Å². The monoisotopic (exact) mass is 660 g/mol. The molecule has 0 aromatic carbocycles. The summed E-state index contributed by atoms with van der Waals surface area (Å²) in [6, 6.07) is 8.25. The quantitative estimate of drug-likeness (QED) is 0.286. The summed E-state index contributed by atoms with van der Waals surface area (Å²) in [4.78, 5) is 13.9.